The van der Waals surface area contributed by atoms with Gasteiger partial charge >= 0.3 is 0 Å². The molecule has 0 unspecified atom stereocenters. The molecule has 0 aromatic heterocycles. The standard InChI is InChI=1S/C29H37N3/c1-16-2-3-25-24(4-16)27(31-26-22-9-17-5-18(11-22)12-23(26)10-17)28(30-25)32-29-13-19-6-20(14-29)8-21(7-19)15-29/h2-4,17-23,26H,5-15H2,1H3,(H,30,31,32). The second-order valence-corrected chi connectivity index (χ2v) is 13.2. The number of hydrogen-bond donors (Lipinski definition) is 1. The van der Waals surface area contributed by atoms with Crippen molar-refractivity contribution in [3.05, 3.63) is 29.3 Å². The summed E-state index contributed by atoms with van der Waals surface area (Å²) in [4.78, 5) is 11.3. The van der Waals surface area contributed by atoms with Crippen LogP contribution in [0.15, 0.2) is 28.2 Å². The molecule has 1 aromatic rings. The Morgan fingerprint density at radius 3 is 2.00 bits per heavy atom. The van der Waals surface area contributed by atoms with Gasteiger partial charge in [-0.05, 0) is 131 Å². The number of nitrogens with zero attached hydrogens (tertiary/aromatic N) is 2. The minimum atomic E-state index is 0.193. The number of anilines is 1. The summed E-state index contributed by atoms with van der Waals surface area (Å²) in [7, 11) is 0. The fourth-order valence-corrected chi connectivity index (χ4v) is 10.2. The van der Waals surface area contributed by atoms with E-state index in [-0.39, 0.29) is 5.54 Å². The lowest BCUT2D eigenvalue weighted by Gasteiger charge is -2.55. The Kier molecular flexibility index (Phi) is 3.80. The summed E-state index contributed by atoms with van der Waals surface area (Å²) in [5.41, 5.74) is 5.30. The smallest absolute Gasteiger partial charge is 0.152 e. The minimum absolute atomic E-state index is 0.193. The molecule has 0 atom stereocenters. The van der Waals surface area contributed by atoms with E-state index >= 15 is 0 Å². The van der Waals surface area contributed by atoms with Crippen molar-refractivity contribution in [2.75, 3.05) is 5.32 Å². The maximum Gasteiger partial charge on any atom is 0.152 e. The van der Waals surface area contributed by atoms with Crippen LogP contribution in [0.25, 0.3) is 0 Å². The number of aliphatic imine (C=N–C) groups is 2. The van der Waals surface area contributed by atoms with Gasteiger partial charge in [0.1, 0.15) is 5.71 Å². The molecule has 32 heavy (non-hydrogen) atoms. The van der Waals surface area contributed by atoms with Crippen LogP contribution in [0.3, 0.4) is 0 Å². The van der Waals surface area contributed by atoms with Gasteiger partial charge < -0.3 is 5.32 Å². The summed E-state index contributed by atoms with van der Waals surface area (Å²) in [6.07, 6.45) is 15.7. The van der Waals surface area contributed by atoms with E-state index in [0.29, 0.717) is 6.04 Å². The first-order valence-electron chi connectivity index (χ1n) is 13.7. The fraction of sp³-hybridized carbons (Fsp3) is 0.724. The molecule has 1 aliphatic heterocycles. The first-order chi connectivity index (χ1) is 15.6. The van der Waals surface area contributed by atoms with E-state index in [4.69, 9.17) is 9.98 Å². The summed E-state index contributed by atoms with van der Waals surface area (Å²) in [6, 6.07) is 7.39. The normalized spacial score (nSPS) is 49.8. The highest BCUT2D eigenvalue weighted by atomic mass is 15.1. The molecular formula is C29H37N3. The molecule has 0 radical (unpaired) electrons. The number of benzene rings is 1. The van der Waals surface area contributed by atoms with Gasteiger partial charge in [-0.1, -0.05) is 11.6 Å². The molecule has 10 rings (SSSR count). The molecule has 8 fully saturated rings. The molecule has 1 heterocycles. The minimum Gasteiger partial charge on any atom is -0.338 e. The molecule has 9 aliphatic rings. The third-order valence-electron chi connectivity index (χ3n) is 10.7. The lowest BCUT2D eigenvalue weighted by molar-refractivity contribution is 0.00110. The van der Waals surface area contributed by atoms with Crippen LogP contribution in [-0.4, -0.2) is 23.1 Å². The molecule has 3 nitrogen and oxygen atoms in total. The van der Waals surface area contributed by atoms with Crippen LogP contribution < -0.4 is 5.32 Å². The zero-order chi connectivity index (χ0) is 21.0. The predicted octanol–water partition coefficient (Wildman–Crippen LogP) is 6.40. The third kappa shape index (κ3) is 2.78. The Hall–Kier alpha value is -1.64. The van der Waals surface area contributed by atoms with Gasteiger partial charge in [-0.3, -0.25) is 9.98 Å². The number of fused-ring (bicyclic) bond motifs is 1. The molecule has 1 aromatic carbocycles. The Balaban J connectivity index is 1.21. The van der Waals surface area contributed by atoms with Gasteiger partial charge in [-0.25, -0.2) is 0 Å². The fourth-order valence-electron chi connectivity index (χ4n) is 10.2. The molecule has 8 saturated carbocycles. The number of amidine groups is 1. The highest BCUT2D eigenvalue weighted by Gasteiger charge is 2.52. The SMILES string of the molecule is Cc1ccc2c(c1)C(=NC1C3CC4CC(C3)CC1C4)C(=NC13CC4CC(CC(C4)C1)C3)N2. The summed E-state index contributed by atoms with van der Waals surface area (Å²) >= 11 is 0. The van der Waals surface area contributed by atoms with Crippen molar-refractivity contribution in [1.29, 1.82) is 0 Å². The van der Waals surface area contributed by atoms with Crippen LogP contribution in [0.1, 0.15) is 81.8 Å². The Morgan fingerprint density at radius 1 is 0.781 bits per heavy atom. The van der Waals surface area contributed by atoms with Gasteiger partial charge in [0, 0.05) is 11.3 Å². The molecule has 3 heteroatoms. The van der Waals surface area contributed by atoms with Crippen molar-refractivity contribution in [3.63, 3.8) is 0 Å². The number of rotatable bonds is 2. The third-order valence-corrected chi connectivity index (χ3v) is 10.7. The first kappa shape index (κ1) is 18.7. The highest BCUT2D eigenvalue weighted by molar-refractivity contribution is 6.56. The molecule has 8 bridgehead atoms. The van der Waals surface area contributed by atoms with Gasteiger partial charge in [0.2, 0.25) is 0 Å². The molecule has 1 N–H and O–H groups in total. The van der Waals surface area contributed by atoms with E-state index in [9.17, 15) is 0 Å². The van der Waals surface area contributed by atoms with E-state index in [0.717, 1.165) is 47.3 Å². The quantitative estimate of drug-likeness (QED) is 0.582. The average molecular weight is 428 g/mol. The van der Waals surface area contributed by atoms with Crippen LogP contribution in [0.2, 0.25) is 0 Å². The molecule has 0 saturated heterocycles. The summed E-state index contributed by atoms with van der Waals surface area (Å²) in [5, 5.41) is 3.78. The Morgan fingerprint density at radius 2 is 1.38 bits per heavy atom. The zero-order valence-corrected chi connectivity index (χ0v) is 19.5. The van der Waals surface area contributed by atoms with Crippen LogP contribution in [0, 0.1) is 48.3 Å². The molecule has 168 valence electrons. The molecule has 0 amide bonds. The lowest BCUT2D eigenvalue weighted by Crippen LogP contribution is -2.50. The average Bonchev–Trinajstić information content (AvgIpc) is 3.04. The molecule has 0 spiro atoms. The van der Waals surface area contributed by atoms with Crippen molar-refractivity contribution < 1.29 is 0 Å². The van der Waals surface area contributed by atoms with Gasteiger partial charge in [-0.15, -0.1) is 0 Å². The van der Waals surface area contributed by atoms with Crippen molar-refractivity contribution >= 4 is 17.2 Å². The second kappa shape index (κ2) is 6.48. The number of hydrogen-bond acceptors (Lipinski definition) is 2. The van der Waals surface area contributed by atoms with Gasteiger partial charge in [0.25, 0.3) is 0 Å². The number of nitrogens with one attached hydrogen (secondary N) is 1. The highest BCUT2D eigenvalue weighted by Crippen LogP contribution is 2.58. The zero-order valence-electron chi connectivity index (χ0n) is 19.5. The van der Waals surface area contributed by atoms with Gasteiger partial charge in [-0.2, -0.15) is 0 Å². The van der Waals surface area contributed by atoms with Crippen LogP contribution in [-0.2, 0) is 0 Å². The topological polar surface area (TPSA) is 36.8 Å². The van der Waals surface area contributed by atoms with Crippen molar-refractivity contribution in [2.45, 2.75) is 89.1 Å². The van der Waals surface area contributed by atoms with Crippen molar-refractivity contribution in [2.24, 2.45) is 51.4 Å². The Labute approximate surface area is 192 Å². The maximum atomic E-state index is 5.66. The van der Waals surface area contributed by atoms with Crippen molar-refractivity contribution in [3.8, 4) is 0 Å². The van der Waals surface area contributed by atoms with E-state index in [1.807, 2.05) is 0 Å². The maximum absolute atomic E-state index is 5.66. The van der Waals surface area contributed by atoms with Crippen LogP contribution >= 0.6 is 0 Å². The van der Waals surface area contributed by atoms with Crippen molar-refractivity contribution in [1.82, 2.24) is 0 Å². The van der Waals surface area contributed by atoms with E-state index in [1.165, 1.54) is 93.2 Å². The summed E-state index contributed by atoms with van der Waals surface area (Å²) < 4.78 is 0. The lowest BCUT2D eigenvalue weighted by atomic mass is 9.53. The van der Waals surface area contributed by atoms with Gasteiger partial charge in [0.15, 0.2) is 5.84 Å². The second-order valence-electron chi connectivity index (χ2n) is 13.2. The first-order valence-corrected chi connectivity index (χ1v) is 13.7. The van der Waals surface area contributed by atoms with E-state index < -0.39 is 0 Å². The molecule has 8 aliphatic carbocycles. The summed E-state index contributed by atoms with van der Waals surface area (Å²) in [5.74, 6) is 7.59. The van der Waals surface area contributed by atoms with Gasteiger partial charge in [0.05, 0.1) is 11.6 Å². The van der Waals surface area contributed by atoms with E-state index in [2.05, 4.69) is 30.4 Å². The largest absolute Gasteiger partial charge is 0.338 e. The Bertz CT molecular complexity index is 970. The molecular weight excluding hydrogens is 390 g/mol. The predicted molar refractivity (Wildman–Crippen MR) is 131 cm³/mol. The summed E-state index contributed by atoms with van der Waals surface area (Å²) in [6.45, 7) is 2.22. The van der Waals surface area contributed by atoms with Crippen LogP contribution in [0.5, 0.6) is 0 Å². The van der Waals surface area contributed by atoms with Crippen LogP contribution in [0.4, 0.5) is 5.69 Å². The number of aryl methyl sites for hydroxylation is 1. The monoisotopic (exact) mass is 427 g/mol. The van der Waals surface area contributed by atoms with E-state index in [1.54, 1.807) is 0 Å².